The number of pyridine rings is 1. The average Bonchev–Trinajstić information content (AvgIpc) is 3.33. The Morgan fingerprint density at radius 2 is 1.97 bits per heavy atom. The lowest BCUT2D eigenvalue weighted by atomic mass is 9.97. The summed E-state index contributed by atoms with van der Waals surface area (Å²) in [5.74, 6) is 1.83. The minimum Gasteiger partial charge on any atom is -0.493 e. The number of para-hydroxylation sites is 2. The fraction of sp³-hybridized carbons (Fsp3) is 0.320. The van der Waals surface area contributed by atoms with Gasteiger partial charge in [0.05, 0.1) is 13.0 Å². The molecule has 1 unspecified atom stereocenters. The van der Waals surface area contributed by atoms with Crippen molar-refractivity contribution in [2.24, 2.45) is 5.92 Å². The fourth-order valence-electron chi connectivity index (χ4n) is 3.76. The number of ether oxygens (including phenoxy) is 2. The molecule has 0 aliphatic carbocycles. The quantitative estimate of drug-likeness (QED) is 0.585. The van der Waals surface area contributed by atoms with Crippen LogP contribution in [0.5, 0.6) is 11.5 Å². The number of rotatable bonds is 7. The van der Waals surface area contributed by atoms with Gasteiger partial charge in [-0.1, -0.05) is 18.2 Å². The van der Waals surface area contributed by atoms with Gasteiger partial charge in [-0.25, -0.2) is 4.98 Å². The number of likely N-dealkylation sites (tertiary alicyclic amines) is 1. The summed E-state index contributed by atoms with van der Waals surface area (Å²) in [6, 6.07) is 14.4. The van der Waals surface area contributed by atoms with Crippen LogP contribution in [0.25, 0.3) is 0 Å². The average molecular weight is 450 g/mol. The molecule has 1 aliphatic rings. The fourth-order valence-corrected chi connectivity index (χ4v) is 3.76. The first-order chi connectivity index (χ1) is 16.0. The highest BCUT2D eigenvalue weighted by Gasteiger charge is 2.30. The summed E-state index contributed by atoms with van der Waals surface area (Å²) in [6.07, 6.45) is 3.17. The molecule has 3 heterocycles. The number of anilines is 1. The van der Waals surface area contributed by atoms with Crippen molar-refractivity contribution in [2.45, 2.75) is 26.4 Å². The molecule has 1 N–H and O–H groups in total. The molecular weight excluding hydrogens is 422 g/mol. The Labute approximate surface area is 192 Å². The van der Waals surface area contributed by atoms with Crippen LogP contribution in [0.1, 0.15) is 34.7 Å². The van der Waals surface area contributed by atoms with Gasteiger partial charge in [0.2, 0.25) is 5.91 Å². The topological polar surface area (TPSA) is 93.9 Å². The molecule has 8 heteroatoms. The maximum absolute atomic E-state index is 13.0. The van der Waals surface area contributed by atoms with Crippen molar-refractivity contribution in [3.05, 3.63) is 71.8 Å². The highest BCUT2D eigenvalue weighted by Crippen LogP contribution is 2.27. The van der Waals surface area contributed by atoms with Crippen molar-refractivity contribution in [3.63, 3.8) is 0 Å². The molecule has 2 amide bonds. The maximum Gasteiger partial charge on any atom is 0.289 e. The SMILES string of the molecule is COc1ccccc1OCc1ccc(C(=O)N2CCCC(C(=O)Nc3ccc(C)cn3)C2)o1. The number of furan rings is 1. The third-order valence-electron chi connectivity index (χ3n) is 5.55. The van der Waals surface area contributed by atoms with Crippen LogP contribution in [-0.4, -0.2) is 41.9 Å². The van der Waals surface area contributed by atoms with Crippen molar-refractivity contribution in [1.82, 2.24) is 9.88 Å². The minimum atomic E-state index is -0.297. The molecule has 1 aromatic carbocycles. The summed E-state index contributed by atoms with van der Waals surface area (Å²) in [5.41, 5.74) is 1.02. The van der Waals surface area contributed by atoms with Crippen molar-refractivity contribution in [3.8, 4) is 11.5 Å². The van der Waals surface area contributed by atoms with E-state index in [1.165, 1.54) is 0 Å². The normalized spacial score (nSPS) is 15.7. The van der Waals surface area contributed by atoms with Gasteiger partial charge in [-0.05, 0) is 55.7 Å². The first-order valence-corrected chi connectivity index (χ1v) is 10.9. The summed E-state index contributed by atoms with van der Waals surface area (Å²) in [5, 5.41) is 2.85. The molecule has 1 atom stereocenters. The molecule has 0 saturated carbocycles. The lowest BCUT2D eigenvalue weighted by Gasteiger charge is -2.31. The van der Waals surface area contributed by atoms with Gasteiger partial charge in [0, 0.05) is 19.3 Å². The number of amides is 2. The van der Waals surface area contributed by atoms with Gasteiger partial charge >= 0.3 is 0 Å². The van der Waals surface area contributed by atoms with E-state index in [1.807, 2.05) is 31.2 Å². The summed E-state index contributed by atoms with van der Waals surface area (Å²) >= 11 is 0. The number of carbonyl (C=O) groups excluding carboxylic acids is 2. The Balaban J connectivity index is 1.34. The Kier molecular flexibility index (Phi) is 6.92. The maximum atomic E-state index is 13.0. The first kappa shape index (κ1) is 22.4. The lowest BCUT2D eigenvalue weighted by molar-refractivity contribution is -0.121. The number of methoxy groups -OCH3 is 1. The molecule has 0 bridgehead atoms. The molecule has 172 valence electrons. The molecule has 33 heavy (non-hydrogen) atoms. The molecule has 1 saturated heterocycles. The third-order valence-corrected chi connectivity index (χ3v) is 5.55. The molecule has 4 rings (SSSR count). The number of carbonyl (C=O) groups is 2. The van der Waals surface area contributed by atoms with Crippen LogP contribution in [-0.2, 0) is 11.4 Å². The number of benzene rings is 1. The second-order valence-corrected chi connectivity index (χ2v) is 8.01. The number of nitrogens with one attached hydrogen (secondary N) is 1. The highest BCUT2D eigenvalue weighted by atomic mass is 16.5. The molecular formula is C25H27N3O5. The van der Waals surface area contributed by atoms with Crippen LogP contribution < -0.4 is 14.8 Å². The molecule has 1 fully saturated rings. The zero-order valence-electron chi connectivity index (χ0n) is 18.7. The Hall–Kier alpha value is -3.81. The first-order valence-electron chi connectivity index (χ1n) is 10.9. The highest BCUT2D eigenvalue weighted by molar-refractivity contribution is 5.94. The molecule has 8 nitrogen and oxygen atoms in total. The molecule has 0 spiro atoms. The van der Waals surface area contributed by atoms with Crippen LogP contribution in [0, 0.1) is 12.8 Å². The Morgan fingerprint density at radius 3 is 2.73 bits per heavy atom. The lowest BCUT2D eigenvalue weighted by Crippen LogP contribution is -2.43. The standard InChI is InChI=1S/C25H27N3O5/c1-17-9-12-23(26-14-17)27-24(29)18-6-5-13-28(15-18)25(30)22-11-10-19(33-22)16-32-21-8-4-3-7-20(21)31-2/h3-4,7-12,14,18H,5-6,13,15-16H2,1-2H3,(H,26,27,29). The summed E-state index contributed by atoms with van der Waals surface area (Å²) in [6.45, 7) is 3.03. The van der Waals surface area contributed by atoms with Crippen LogP contribution in [0.4, 0.5) is 5.82 Å². The van der Waals surface area contributed by atoms with E-state index in [0.717, 1.165) is 18.4 Å². The van der Waals surface area contributed by atoms with E-state index in [4.69, 9.17) is 13.9 Å². The van der Waals surface area contributed by atoms with E-state index >= 15 is 0 Å². The van der Waals surface area contributed by atoms with Crippen molar-refractivity contribution >= 4 is 17.6 Å². The van der Waals surface area contributed by atoms with Crippen molar-refractivity contribution in [1.29, 1.82) is 0 Å². The Bertz CT molecular complexity index is 1110. The molecule has 3 aromatic rings. The third kappa shape index (κ3) is 5.52. The number of hydrogen-bond acceptors (Lipinski definition) is 6. The predicted molar refractivity (Wildman–Crippen MR) is 122 cm³/mol. The summed E-state index contributed by atoms with van der Waals surface area (Å²) in [4.78, 5) is 31.6. The molecule has 1 aliphatic heterocycles. The molecule has 2 aromatic heterocycles. The van der Waals surface area contributed by atoms with E-state index in [9.17, 15) is 9.59 Å². The minimum absolute atomic E-state index is 0.130. The monoisotopic (exact) mass is 449 g/mol. The zero-order valence-corrected chi connectivity index (χ0v) is 18.7. The number of hydrogen-bond donors (Lipinski definition) is 1. The van der Waals surface area contributed by atoms with Gasteiger partial charge < -0.3 is 24.1 Å². The summed E-state index contributed by atoms with van der Waals surface area (Å²) in [7, 11) is 1.58. The number of nitrogens with zero attached hydrogens (tertiary/aromatic N) is 2. The van der Waals surface area contributed by atoms with Gasteiger partial charge in [0.15, 0.2) is 17.3 Å². The van der Waals surface area contributed by atoms with E-state index in [0.29, 0.717) is 36.2 Å². The number of piperidine rings is 1. The second kappa shape index (κ2) is 10.2. The van der Waals surface area contributed by atoms with Gasteiger partial charge in [-0.15, -0.1) is 0 Å². The predicted octanol–water partition coefficient (Wildman–Crippen LogP) is 4.06. The number of aromatic nitrogens is 1. The van der Waals surface area contributed by atoms with E-state index in [2.05, 4.69) is 10.3 Å². The number of aryl methyl sites for hydroxylation is 1. The van der Waals surface area contributed by atoms with Crippen molar-refractivity contribution in [2.75, 3.05) is 25.5 Å². The Morgan fingerprint density at radius 1 is 1.15 bits per heavy atom. The van der Waals surface area contributed by atoms with Crippen LogP contribution >= 0.6 is 0 Å². The van der Waals surface area contributed by atoms with Crippen molar-refractivity contribution < 1.29 is 23.5 Å². The summed E-state index contributed by atoms with van der Waals surface area (Å²) < 4.78 is 16.8. The van der Waals surface area contributed by atoms with Crippen LogP contribution in [0.15, 0.2) is 59.1 Å². The van der Waals surface area contributed by atoms with Crippen LogP contribution in [0.2, 0.25) is 0 Å². The zero-order chi connectivity index (χ0) is 23.2. The second-order valence-electron chi connectivity index (χ2n) is 8.01. The van der Waals surface area contributed by atoms with Crippen LogP contribution in [0.3, 0.4) is 0 Å². The molecule has 0 radical (unpaired) electrons. The smallest absolute Gasteiger partial charge is 0.289 e. The van der Waals surface area contributed by atoms with Gasteiger partial charge in [0.1, 0.15) is 18.2 Å². The van der Waals surface area contributed by atoms with Gasteiger partial charge in [-0.3, -0.25) is 9.59 Å². The van der Waals surface area contributed by atoms with E-state index < -0.39 is 0 Å². The van der Waals surface area contributed by atoms with E-state index in [-0.39, 0.29) is 30.1 Å². The van der Waals surface area contributed by atoms with Gasteiger partial charge in [-0.2, -0.15) is 0 Å². The van der Waals surface area contributed by atoms with Gasteiger partial charge in [0.25, 0.3) is 5.91 Å². The largest absolute Gasteiger partial charge is 0.493 e. The van der Waals surface area contributed by atoms with E-state index in [1.54, 1.807) is 42.5 Å².